The summed E-state index contributed by atoms with van der Waals surface area (Å²) in [5.41, 5.74) is 3.07. The zero-order chi connectivity index (χ0) is 17.3. The molecular formula is C19H19NO3S. The SMILES string of the molecule is CCCOc1ccc(-c2cc3c(s2)C(=C(C)C)C(=O)NC3=O)cc1. The topological polar surface area (TPSA) is 55.4 Å². The Balaban J connectivity index is 1.99. The number of imide groups is 1. The van der Waals surface area contributed by atoms with Crippen molar-refractivity contribution < 1.29 is 14.3 Å². The number of rotatable bonds is 4. The summed E-state index contributed by atoms with van der Waals surface area (Å²) in [5, 5.41) is 2.41. The van der Waals surface area contributed by atoms with Gasteiger partial charge in [-0.1, -0.05) is 12.5 Å². The third kappa shape index (κ3) is 2.99. The molecule has 2 heterocycles. The van der Waals surface area contributed by atoms with Crippen LogP contribution in [0.2, 0.25) is 0 Å². The van der Waals surface area contributed by atoms with Crippen molar-refractivity contribution in [3.8, 4) is 16.2 Å². The minimum atomic E-state index is -0.328. The average molecular weight is 341 g/mol. The molecular weight excluding hydrogens is 322 g/mol. The lowest BCUT2D eigenvalue weighted by Crippen LogP contribution is -2.35. The van der Waals surface area contributed by atoms with Crippen LogP contribution in [0.4, 0.5) is 0 Å². The van der Waals surface area contributed by atoms with Crippen molar-refractivity contribution in [2.45, 2.75) is 27.2 Å². The highest BCUT2D eigenvalue weighted by Crippen LogP contribution is 2.39. The molecule has 0 aliphatic carbocycles. The van der Waals surface area contributed by atoms with Crippen molar-refractivity contribution >= 4 is 28.7 Å². The first kappa shape index (κ1) is 16.5. The van der Waals surface area contributed by atoms with Gasteiger partial charge in [-0.2, -0.15) is 0 Å². The number of ether oxygens (including phenoxy) is 1. The smallest absolute Gasteiger partial charge is 0.259 e. The van der Waals surface area contributed by atoms with Gasteiger partial charge in [-0.15, -0.1) is 11.3 Å². The Hall–Kier alpha value is -2.40. The summed E-state index contributed by atoms with van der Waals surface area (Å²) in [6.45, 7) is 6.53. The Bertz CT molecular complexity index is 827. The quantitative estimate of drug-likeness (QED) is 0.667. The maximum atomic E-state index is 12.1. The highest BCUT2D eigenvalue weighted by molar-refractivity contribution is 7.17. The zero-order valence-electron chi connectivity index (χ0n) is 13.9. The summed E-state index contributed by atoms with van der Waals surface area (Å²) < 4.78 is 5.59. The fourth-order valence-electron chi connectivity index (χ4n) is 2.61. The molecule has 0 saturated heterocycles. The molecule has 5 heteroatoms. The minimum Gasteiger partial charge on any atom is -0.494 e. The van der Waals surface area contributed by atoms with Crippen LogP contribution in [-0.2, 0) is 4.79 Å². The van der Waals surface area contributed by atoms with E-state index < -0.39 is 0 Å². The molecule has 1 N–H and O–H groups in total. The van der Waals surface area contributed by atoms with Crippen molar-refractivity contribution in [3.05, 3.63) is 46.3 Å². The molecule has 1 aliphatic heterocycles. The van der Waals surface area contributed by atoms with E-state index in [2.05, 4.69) is 12.2 Å². The van der Waals surface area contributed by atoms with Crippen molar-refractivity contribution in [3.63, 3.8) is 0 Å². The number of carbonyl (C=O) groups is 2. The predicted octanol–water partition coefficient (Wildman–Crippen LogP) is 4.27. The summed E-state index contributed by atoms with van der Waals surface area (Å²) in [6.07, 6.45) is 0.966. The van der Waals surface area contributed by atoms with Crippen LogP contribution in [0.5, 0.6) is 5.75 Å². The van der Waals surface area contributed by atoms with Gasteiger partial charge in [0.15, 0.2) is 0 Å². The van der Waals surface area contributed by atoms with Crippen LogP contribution in [0.25, 0.3) is 16.0 Å². The van der Waals surface area contributed by atoms with Gasteiger partial charge in [-0.05, 0) is 56.2 Å². The maximum Gasteiger partial charge on any atom is 0.259 e. The van der Waals surface area contributed by atoms with Crippen LogP contribution >= 0.6 is 11.3 Å². The summed E-state index contributed by atoms with van der Waals surface area (Å²) in [6, 6.07) is 9.66. The Kier molecular flexibility index (Phi) is 4.53. The molecule has 0 spiro atoms. The van der Waals surface area contributed by atoms with E-state index in [4.69, 9.17) is 4.74 Å². The maximum absolute atomic E-state index is 12.1. The predicted molar refractivity (Wildman–Crippen MR) is 96.3 cm³/mol. The molecule has 2 aromatic rings. The second-order valence-electron chi connectivity index (χ2n) is 5.88. The number of carbonyl (C=O) groups excluding carboxylic acids is 2. The van der Waals surface area contributed by atoms with E-state index in [1.54, 1.807) is 0 Å². The van der Waals surface area contributed by atoms with E-state index >= 15 is 0 Å². The highest BCUT2D eigenvalue weighted by Gasteiger charge is 2.30. The summed E-state index contributed by atoms with van der Waals surface area (Å²) in [5.74, 6) is 0.189. The molecule has 1 aliphatic rings. The van der Waals surface area contributed by atoms with Crippen LogP contribution in [-0.4, -0.2) is 18.4 Å². The van der Waals surface area contributed by atoms with E-state index in [9.17, 15) is 9.59 Å². The molecule has 24 heavy (non-hydrogen) atoms. The molecule has 0 bridgehead atoms. The number of hydrogen-bond donors (Lipinski definition) is 1. The summed E-state index contributed by atoms with van der Waals surface area (Å²) in [4.78, 5) is 25.9. The number of benzene rings is 1. The first-order valence-electron chi connectivity index (χ1n) is 7.92. The number of nitrogens with one attached hydrogen (secondary N) is 1. The molecule has 0 saturated carbocycles. The van der Waals surface area contributed by atoms with Gasteiger partial charge in [-0.3, -0.25) is 14.9 Å². The molecule has 2 amide bonds. The second-order valence-corrected chi connectivity index (χ2v) is 6.94. The Labute approximate surface area is 145 Å². The Morgan fingerprint density at radius 2 is 1.83 bits per heavy atom. The minimum absolute atomic E-state index is 0.316. The summed E-state index contributed by atoms with van der Waals surface area (Å²) in [7, 11) is 0. The van der Waals surface area contributed by atoms with Gasteiger partial charge < -0.3 is 4.74 Å². The Morgan fingerprint density at radius 3 is 2.46 bits per heavy atom. The highest BCUT2D eigenvalue weighted by atomic mass is 32.1. The van der Waals surface area contributed by atoms with Crippen molar-refractivity contribution in [2.24, 2.45) is 0 Å². The average Bonchev–Trinajstić information content (AvgIpc) is 2.98. The van der Waals surface area contributed by atoms with Crippen molar-refractivity contribution in [1.82, 2.24) is 5.32 Å². The molecule has 0 fully saturated rings. The van der Waals surface area contributed by atoms with E-state index in [-0.39, 0.29) is 11.8 Å². The van der Waals surface area contributed by atoms with Gasteiger partial charge in [0, 0.05) is 4.88 Å². The van der Waals surface area contributed by atoms with Crippen LogP contribution in [0.3, 0.4) is 0 Å². The van der Waals surface area contributed by atoms with Gasteiger partial charge >= 0.3 is 0 Å². The van der Waals surface area contributed by atoms with Gasteiger partial charge in [0.05, 0.1) is 22.6 Å². The number of amides is 2. The molecule has 4 nitrogen and oxygen atoms in total. The van der Waals surface area contributed by atoms with Gasteiger partial charge in [0.1, 0.15) is 5.75 Å². The van der Waals surface area contributed by atoms with E-state index in [1.165, 1.54) is 11.3 Å². The number of fused-ring (bicyclic) bond motifs is 1. The zero-order valence-corrected chi connectivity index (χ0v) is 14.8. The number of allylic oxidation sites excluding steroid dienone is 1. The van der Waals surface area contributed by atoms with Crippen molar-refractivity contribution in [1.29, 1.82) is 0 Å². The lowest BCUT2D eigenvalue weighted by atomic mass is 10.00. The molecule has 0 atom stereocenters. The van der Waals surface area contributed by atoms with Crippen LogP contribution < -0.4 is 10.1 Å². The Morgan fingerprint density at radius 1 is 1.12 bits per heavy atom. The fourth-order valence-corrected chi connectivity index (χ4v) is 3.92. The van der Waals surface area contributed by atoms with E-state index in [0.29, 0.717) is 17.7 Å². The monoisotopic (exact) mass is 341 g/mol. The third-order valence-electron chi connectivity index (χ3n) is 3.77. The van der Waals surface area contributed by atoms with E-state index in [1.807, 2.05) is 44.2 Å². The third-order valence-corrected chi connectivity index (χ3v) is 4.97. The second kappa shape index (κ2) is 6.61. The molecule has 124 valence electrons. The molecule has 0 radical (unpaired) electrons. The van der Waals surface area contributed by atoms with Crippen molar-refractivity contribution in [2.75, 3.05) is 6.61 Å². The fraction of sp³-hybridized carbons (Fsp3) is 0.263. The standard InChI is InChI=1S/C19H19NO3S/c1-4-9-23-13-7-5-12(6-8-13)15-10-14-17(24-15)16(11(2)3)19(22)20-18(14)21/h5-8,10H,4,9H2,1-3H3,(H,20,21,22). The lowest BCUT2D eigenvalue weighted by molar-refractivity contribution is -0.114. The summed E-state index contributed by atoms with van der Waals surface area (Å²) >= 11 is 1.48. The first-order chi connectivity index (χ1) is 11.5. The number of thiophene rings is 1. The van der Waals surface area contributed by atoms with Gasteiger partial charge in [0.25, 0.3) is 11.8 Å². The van der Waals surface area contributed by atoms with Gasteiger partial charge in [-0.25, -0.2) is 0 Å². The molecule has 1 aromatic heterocycles. The van der Waals surface area contributed by atoms with Crippen LogP contribution in [0, 0.1) is 0 Å². The largest absolute Gasteiger partial charge is 0.494 e. The molecule has 1 aromatic carbocycles. The van der Waals surface area contributed by atoms with Crippen LogP contribution in [0.1, 0.15) is 42.4 Å². The van der Waals surface area contributed by atoms with Crippen LogP contribution in [0.15, 0.2) is 35.9 Å². The first-order valence-corrected chi connectivity index (χ1v) is 8.73. The van der Waals surface area contributed by atoms with Gasteiger partial charge in [0.2, 0.25) is 0 Å². The normalized spacial score (nSPS) is 13.5. The molecule has 0 unspecified atom stereocenters. The number of hydrogen-bond acceptors (Lipinski definition) is 4. The van der Waals surface area contributed by atoms with E-state index in [0.717, 1.165) is 33.1 Å². The lowest BCUT2D eigenvalue weighted by Gasteiger charge is -2.15. The molecule has 3 rings (SSSR count).